The van der Waals surface area contributed by atoms with Gasteiger partial charge in [-0.05, 0) is 23.8 Å². The number of rotatable bonds is 4. The molecule has 0 amide bonds. The number of nitrogens with zero attached hydrogens (tertiary/aromatic N) is 1. The molecule has 1 unspecified atom stereocenters. The molecule has 4 rings (SSSR count). The molecule has 0 radical (unpaired) electrons. The SMILES string of the molecule is Oc1c(C(Nc2ccccc2Cl)c2ccccc2)ccc2cccnc12. The van der Waals surface area contributed by atoms with Crippen molar-refractivity contribution < 1.29 is 5.11 Å². The molecule has 4 heteroatoms. The predicted octanol–water partition coefficient (Wildman–Crippen LogP) is 5.80. The smallest absolute Gasteiger partial charge is 0.147 e. The quantitative estimate of drug-likeness (QED) is 0.483. The summed E-state index contributed by atoms with van der Waals surface area (Å²) in [6.07, 6.45) is 1.69. The first-order chi connectivity index (χ1) is 12.7. The molecule has 0 saturated heterocycles. The largest absolute Gasteiger partial charge is 0.505 e. The van der Waals surface area contributed by atoms with Crippen molar-refractivity contribution in [3.63, 3.8) is 0 Å². The van der Waals surface area contributed by atoms with Crippen LogP contribution in [0.4, 0.5) is 5.69 Å². The van der Waals surface area contributed by atoms with Crippen LogP contribution in [0.5, 0.6) is 5.75 Å². The van der Waals surface area contributed by atoms with E-state index in [9.17, 15) is 5.11 Å². The molecule has 0 aliphatic carbocycles. The van der Waals surface area contributed by atoms with Gasteiger partial charge in [0.15, 0.2) is 0 Å². The Bertz CT molecular complexity index is 1050. The van der Waals surface area contributed by atoms with Gasteiger partial charge in [0, 0.05) is 17.1 Å². The van der Waals surface area contributed by atoms with Gasteiger partial charge >= 0.3 is 0 Å². The van der Waals surface area contributed by atoms with Gasteiger partial charge < -0.3 is 10.4 Å². The number of hydrogen-bond acceptors (Lipinski definition) is 3. The van der Waals surface area contributed by atoms with Gasteiger partial charge in [0.2, 0.25) is 0 Å². The molecule has 4 aromatic rings. The van der Waals surface area contributed by atoms with Crippen LogP contribution in [0, 0.1) is 0 Å². The van der Waals surface area contributed by atoms with Crippen molar-refractivity contribution in [1.82, 2.24) is 4.98 Å². The van der Waals surface area contributed by atoms with Crippen molar-refractivity contribution in [2.24, 2.45) is 0 Å². The van der Waals surface area contributed by atoms with Gasteiger partial charge in [-0.1, -0.05) is 72.3 Å². The Morgan fingerprint density at radius 1 is 0.846 bits per heavy atom. The van der Waals surface area contributed by atoms with E-state index in [0.29, 0.717) is 10.5 Å². The van der Waals surface area contributed by atoms with E-state index in [2.05, 4.69) is 10.3 Å². The van der Waals surface area contributed by atoms with Crippen LogP contribution in [0.3, 0.4) is 0 Å². The second kappa shape index (κ2) is 7.06. The van der Waals surface area contributed by atoms with Crippen molar-refractivity contribution >= 4 is 28.2 Å². The predicted molar refractivity (Wildman–Crippen MR) is 107 cm³/mol. The number of anilines is 1. The Morgan fingerprint density at radius 2 is 1.62 bits per heavy atom. The average molecular weight is 361 g/mol. The molecule has 0 spiro atoms. The molecule has 2 N–H and O–H groups in total. The van der Waals surface area contributed by atoms with Gasteiger partial charge in [0.1, 0.15) is 11.3 Å². The molecule has 128 valence electrons. The van der Waals surface area contributed by atoms with E-state index in [-0.39, 0.29) is 11.8 Å². The third kappa shape index (κ3) is 3.09. The average Bonchev–Trinajstić information content (AvgIpc) is 2.69. The standard InChI is InChI=1S/C22H17ClN2O/c23-18-10-4-5-11-19(18)25-20(15-7-2-1-3-8-15)17-13-12-16-9-6-14-24-21(16)22(17)26/h1-14,20,25-26H. The van der Waals surface area contributed by atoms with E-state index in [1.54, 1.807) is 6.20 Å². The highest BCUT2D eigenvalue weighted by Gasteiger charge is 2.20. The van der Waals surface area contributed by atoms with Crippen LogP contribution >= 0.6 is 11.6 Å². The van der Waals surface area contributed by atoms with Crippen LogP contribution < -0.4 is 5.32 Å². The summed E-state index contributed by atoms with van der Waals surface area (Å²) < 4.78 is 0. The topological polar surface area (TPSA) is 45.1 Å². The maximum absolute atomic E-state index is 10.9. The second-order valence-electron chi connectivity index (χ2n) is 6.05. The lowest BCUT2D eigenvalue weighted by Crippen LogP contribution is -2.13. The van der Waals surface area contributed by atoms with Crippen molar-refractivity contribution in [1.29, 1.82) is 0 Å². The third-order valence-electron chi connectivity index (χ3n) is 4.40. The first-order valence-corrected chi connectivity index (χ1v) is 8.74. The van der Waals surface area contributed by atoms with Crippen molar-refractivity contribution in [2.75, 3.05) is 5.32 Å². The first kappa shape index (κ1) is 16.4. The number of phenols is 1. The van der Waals surface area contributed by atoms with Crippen molar-refractivity contribution in [3.8, 4) is 5.75 Å². The molecule has 3 nitrogen and oxygen atoms in total. The minimum Gasteiger partial charge on any atom is -0.505 e. The number of aromatic nitrogens is 1. The van der Waals surface area contributed by atoms with E-state index in [1.807, 2.05) is 78.9 Å². The maximum atomic E-state index is 10.9. The van der Waals surface area contributed by atoms with E-state index >= 15 is 0 Å². The van der Waals surface area contributed by atoms with Crippen LogP contribution in [0.2, 0.25) is 5.02 Å². The molecule has 1 aromatic heterocycles. The van der Waals surface area contributed by atoms with E-state index < -0.39 is 0 Å². The highest BCUT2D eigenvalue weighted by atomic mass is 35.5. The number of para-hydroxylation sites is 1. The normalized spacial score (nSPS) is 12.0. The molecule has 3 aromatic carbocycles. The van der Waals surface area contributed by atoms with Gasteiger partial charge in [-0.3, -0.25) is 4.98 Å². The lowest BCUT2D eigenvalue weighted by molar-refractivity contribution is 0.472. The number of halogens is 1. The summed E-state index contributed by atoms with van der Waals surface area (Å²) in [4.78, 5) is 4.34. The molecule has 0 saturated carbocycles. The molecule has 1 atom stereocenters. The van der Waals surface area contributed by atoms with Crippen LogP contribution in [0.15, 0.2) is 85.1 Å². The van der Waals surface area contributed by atoms with Gasteiger partial charge in [-0.2, -0.15) is 0 Å². The minimum absolute atomic E-state index is 0.177. The van der Waals surface area contributed by atoms with Crippen molar-refractivity contribution in [3.05, 3.63) is 101 Å². The van der Waals surface area contributed by atoms with Gasteiger partial charge in [-0.25, -0.2) is 0 Å². The Morgan fingerprint density at radius 3 is 2.42 bits per heavy atom. The second-order valence-corrected chi connectivity index (χ2v) is 6.45. The lowest BCUT2D eigenvalue weighted by atomic mass is 9.96. The van der Waals surface area contributed by atoms with E-state index in [4.69, 9.17) is 11.6 Å². The highest BCUT2D eigenvalue weighted by molar-refractivity contribution is 6.33. The fraction of sp³-hybridized carbons (Fsp3) is 0.0455. The number of nitrogens with one attached hydrogen (secondary N) is 1. The molecule has 0 bridgehead atoms. The Balaban J connectivity index is 1.86. The summed E-state index contributed by atoms with van der Waals surface area (Å²) in [5.41, 5.74) is 3.18. The molecular formula is C22H17ClN2O. The number of pyridine rings is 1. The van der Waals surface area contributed by atoms with Gasteiger partial charge in [-0.15, -0.1) is 0 Å². The molecular weight excluding hydrogens is 344 g/mol. The monoisotopic (exact) mass is 360 g/mol. The van der Waals surface area contributed by atoms with Gasteiger partial charge in [0.25, 0.3) is 0 Å². The number of hydrogen-bond donors (Lipinski definition) is 2. The summed E-state index contributed by atoms with van der Waals surface area (Å²) in [6.45, 7) is 0. The summed E-state index contributed by atoms with van der Waals surface area (Å²) in [6, 6.07) is 25.0. The zero-order valence-electron chi connectivity index (χ0n) is 13.9. The van der Waals surface area contributed by atoms with Crippen molar-refractivity contribution in [2.45, 2.75) is 6.04 Å². The lowest BCUT2D eigenvalue weighted by Gasteiger charge is -2.23. The zero-order chi connectivity index (χ0) is 17.9. The molecule has 0 fully saturated rings. The Hall–Kier alpha value is -3.04. The number of fused-ring (bicyclic) bond motifs is 1. The maximum Gasteiger partial charge on any atom is 0.147 e. The van der Waals surface area contributed by atoms with E-state index in [1.165, 1.54) is 0 Å². The van der Waals surface area contributed by atoms with Gasteiger partial charge in [0.05, 0.1) is 16.8 Å². The Kier molecular flexibility index (Phi) is 4.46. The summed E-state index contributed by atoms with van der Waals surface area (Å²) >= 11 is 6.34. The number of phenolic OH excluding ortho intramolecular Hbond substituents is 1. The minimum atomic E-state index is -0.262. The number of aromatic hydroxyl groups is 1. The fourth-order valence-electron chi connectivity index (χ4n) is 3.10. The highest BCUT2D eigenvalue weighted by Crippen LogP contribution is 2.37. The summed E-state index contributed by atoms with van der Waals surface area (Å²) in [7, 11) is 0. The van der Waals surface area contributed by atoms with Crippen LogP contribution in [-0.4, -0.2) is 10.1 Å². The molecule has 0 aliphatic rings. The van der Waals surface area contributed by atoms with Crippen LogP contribution in [0.1, 0.15) is 17.2 Å². The summed E-state index contributed by atoms with van der Waals surface area (Å²) in [5.74, 6) is 0.177. The zero-order valence-corrected chi connectivity index (χ0v) is 14.7. The molecule has 0 aliphatic heterocycles. The first-order valence-electron chi connectivity index (χ1n) is 8.36. The Labute approximate surface area is 156 Å². The summed E-state index contributed by atoms with van der Waals surface area (Å²) in [5, 5.41) is 15.9. The third-order valence-corrected chi connectivity index (χ3v) is 4.73. The van der Waals surface area contributed by atoms with Crippen LogP contribution in [0.25, 0.3) is 10.9 Å². The van der Waals surface area contributed by atoms with Crippen LogP contribution in [-0.2, 0) is 0 Å². The molecule has 26 heavy (non-hydrogen) atoms. The fourth-order valence-corrected chi connectivity index (χ4v) is 3.29. The van der Waals surface area contributed by atoms with E-state index in [0.717, 1.165) is 22.2 Å². The molecule has 1 heterocycles. The number of benzene rings is 3.